The number of anilines is 2. The van der Waals surface area contributed by atoms with Crippen molar-refractivity contribution in [3.05, 3.63) is 64.0 Å². The summed E-state index contributed by atoms with van der Waals surface area (Å²) in [5.74, 6) is -1.33. The second kappa shape index (κ2) is 10.1. The van der Waals surface area contributed by atoms with Crippen LogP contribution in [0.2, 0.25) is 0 Å². The highest BCUT2D eigenvalue weighted by Crippen LogP contribution is 2.22. The van der Waals surface area contributed by atoms with Crippen molar-refractivity contribution in [2.75, 3.05) is 17.7 Å². The van der Waals surface area contributed by atoms with E-state index in [1.165, 1.54) is 32.0 Å². The van der Waals surface area contributed by atoms with E-state index < -0.39 is 5.97 Å². The van der Waals surface area contributed by atoms with Crippen molar-refractivity contribution < 1.29 is 28.6 Å². The van der Waals surface area contributed by atoms with E-state index in [9.17, 15) is 24.3 Å². The summed E-state index contributed by atoms with van der Waals surface area (Å²) in [6.45, 7) is 4.63. The Morgan fingerprint density at radius 2 is 1.81 bits per heavy atom. The number of benzene rings is 2. The van der Waals surface area contributed by atoms with Gasteiger partial charge in [0.05, 0.1) is 17.6 Å². The zero-order valence-electron chi connectivity index (χ0n) is 17.2. The van der Waals surface area contributed by atoms with E-state index in [0.717, 1.165) is 6.07 Å². The monoisotopic (exact) mass is 426 g/mol. The van der Waals surface area contributed by atoms with Gasteiger partial charge in [-0.15, -0.1) is 0 Å². The van der Waals surface area contributed by atoms with Crippen molar-refractivity contribution in [3.8, 4) is 5.75 Å². The number of rotatable bonds is 4. The lowest BCUT2D eigenvalue weighted by molar-refractivity contribution is -0.114. The van der Waals surface area contributed by atoms with Gasteiger partial charge in [0.2, 0.25) is 11.7 Å². The van der Waals surface area contributed by atoms with Crippen LogP contribution in [0.1, 0.15) is 41.7 Å². The molecule has 0 aliphatic heterocycles. The Morgan fingerprint density at radius 3 is 2.39 bits per heavy atom. The largest absolute Gasteiger partial charge is 0.507 e. The average molecular weight is 426 g/mol. The van der Waals surface area contributed by atoms with Gasteiger partial charge >= 0.3 is 5.97 Å². The molecule has 0 spiro atoms. The molecule has 2 aromatic carbocycles. The molecule has 0 fully saturated rings. The first-order valence-corrected chi connectivity index (χ1v) is 9.24. The Balaban J connectivity index is 0.000000225. The van der Waals surface area contributed by atoms with Crippen LogP contribution in [0, 0.1) is 0 Å². The third-order valence-corrected chi connectivity index (χ3v) is 3.93. The number of Topliss-reactive ketones (excluding diaryl/α,β-unsaturated/α-hetero) is 1. The van der Waals surface area contributed by atoms with Crippen LogP contribution < -0.4 is 16.5 Å². The summed E-state index contributed by atoms with van der Waals surface area (Å²) >= 11 is 0. The summed E-state index contributed by atoms with van der Waals surface area (Å²) in [5.41, 5.74) is 6.74. The third kappa shape index (κ3) is 6.17. The summed E-state index contributed by atoms with van der Waals surface area (Å²) in [5, 5.41) is 12.3. The molecule has 31 heavy (non-hydrogen) atoms. The lowest BCUT2D eigenvalue weighted by atomic mass is 10.1. The Labute approximate surface area is 177 Å². The van der Waals surface area contributed by atoms with E-state index >= 15 is 0 Å². The number of hydrogen-bond acceptors (Lipinski definition) is 8. The number of esters is 1. The number of nitrogens with one attached hydrogen (secondary N) is 1. The van der Waals surface area contributed by atoms with E-state index in [1.807, 2.05) is 0 Å². The zero-order chi connectivity index (χ0) is 23.1. The second-order valence-corrected chi connectivity index (χ2v) is 6.42. The molecule has 162 valence electrons. The van der Waals surface area contributed by atoms with Gasteiger partial charge in [-0.25, -0.2) is 4.79 Å². The van der Waals surface area contributed by atoms with Crippen LogP contribution in [0.25, 0.3) is 11.0 Å². The van der Waals surface area contributed by atoms with Crippen LogP contribution in [-0.2, 0) is 9.53 Å². The van der Waals surface area contributed by atoms with Gasteiger partial charge in [-0.1, -0.05) is 0 Å². The first-order chi connectivity index (χ1) is 14.6. The Hall–Kier alpha value is -4.14. The highest BCUT2D eigenvalue weighted by Gasteiger charge is 2.13. The maximum absolute atomic E-state index is 11.7. The fourth-order valence-electron chi connectivity index (χ4n) is 2.58. The molecular weight excluding hydrogens is 404 g/mol. The summed E-state index contributed by atoms with van der Waals surface area (Å²) in [6.07, 6.45) is 0. The van der Waals surface area contributed by atoms with Gasteiger partial charge in [-0.3, -0.25) is 14.4 Å². The predicted molar refractivity (Wildman–Crippen MR) is 115 cm³/mol. The molecule has 0 radical (unpaired) electrons. The minimum Gasteiger partial charge on any atom is -0.507 e. The molecule has 1 amide bonds. The molecule has 4 N–H and O–H groups in total. The number of phenolic OH excluding ortho intramolecular Hbond substituents is 1. The Morgan fingerprint density at radius 1 is 1.10 bits per heavy atom. The summed E-state index contributed by atoms with van der Waals surface area (Å²) in [6, 6.07) is 10.2. The molecule has 0 saturated carbocycles. The number of phenols is 1. The van der Waals surface area contributed by atoms with Crippen molar-refractivity contribution in [1.82, 2.24) is 0 Å². The fourth-order valence-corrected chi connectivity index (χ4v) is 2.58. The minimum atomic E-state index is -0.658. The average Bonchev–Trinajstić information content (AvgIpc) is 2.67. The van der Waals surface area contributed by atoms with Crippen molar-refractivity contribution in [2.24, 2.45) is 0 Å². The Kier molecular flexibility index (Phi) is 7.51. The van der Waals surface area contributed by atoms with E-state index in [4.69, 9.17) is 14.9 Å². The van der Waals surface area contributed by atoms with Crippen LogP contribution in [-0.4, -0.2) is 29.4 Å². The topological polar surface area (TPSA) is 149 Å². The number of nitrogens with two attached hydrogens (primary N) is 1. The molecule has 1 heterocycles. The lowest BCUT2D eigenvalue weighted by Gasteiger charge is -2.04. The summed E-state index contributed by atoms with van der Waals surface area (Å²) in [4.78, 5) is 44.8. The van der Waals surface area contributed by atoms with Gasteiger partial charge < -0.3 is 25.3 Å². The number of amides is 1. The number of ketones is 1. The molecule has 3 aromatic rings. The lowest BCUT2D eigenvalue weighted by Crippen LogP contribution is -2.10. The number of ether oxygens (including phenoxy) is 1. The van der Waals surface area contributed by atoms with Crippen molar-refractivity contribution in [2.45, 2.75) is 20.8 Å². The molecule has 0 bridgehead atoms. The predicted octanol–water partition coefficient (Wildman–Crippen LogP) is 3.11. The molecule has 1 aromatic heterocycles. The number of carbonyl (C=O) groups excluding carboxylic acids is 3. The van der Waals surface area contributed by atoms with Gasteiger partial charge in [-0.05, 0) is 38.1 Å². The Bertz CT molecular complexity index is 1200. The van der Waals surface area contributed by atoms with E-state index in [2.05, 4.69) is 5.32 Å². The summed E-state index contributed by atoms with van der Waals surface area (Å²) < 4.78 is 10.0. The number of carbonyl (C=O) groups is 3. The van der Waals surface area contributed by atoms with Crippen LogP contribution >= 0.6 is 0 Å². The molecule has 0 aliphatic rings. The van der Waals surface area contributed by atoms with Crippen molar-refractivity contribution >= 4 is 40.0 Å². The van der Waals surface area contributed by atoms with Gasteiger partial charge in [0, 0.05) is 36.5 Å². The fraction of sp³-hybridized carbons (Fsp3) is 0.182. The quantitative estimate of drug-likeness (QED) is 0.327. The first kappa shape index (κ1) is 23.1. The molecule has 0 saturated heterocycles. The maximum atomic E-state index is 11.7. The minimum absolute atomic E-state index is 0.116. The molecule has 9 heteroatoms. The van der Waals surface area contributed by atoms with Crippen molar-refractivity contribution in [3.63, 3.8) is 0 Å². The van der Waals surface area contributed by atoms with Crippen LogP contribution in [0.15, 0.2) is 51.7 Å². The molecule has 3 rings (SSSR count). The molecular formula is C22H22N2O7. The molecule has 9 nitrogen and oxygen atoms in total. The molecule has 0 atom stereocenters. The van der Waals surface area contributed by atoms with Gasteiger partial charge in [0.15, 0.2) is 11.2 Å². The third-order valence-electron chi connectivity index (χ3n) is 3.93. The van der Waals surface area contributed by atoms with Gasteiger partial charge in [-0.2, -0.15) is 0 Å². The number of hydrogen-bond donors (Lipinski definition) is 3. The van der Waals surface area contributed by atoms with Crippen LogP contribution in [0.3, 0.4) is 0 Å². The van der Waals surface area contributed by atoms with E-state index in [-0.39, 0.29) is 46.4 Å². The SMILES string of the molecule is CC(=O)Nc1ccc(C(C)=O)c(O)c1.CCOC(=O)c1cc(=O)c2ccc(N)cc2o1. The van der Waals surface area contributed by atoms with Crippen LogP contribution in [0.5, 0.6) is 5.75 Å². The summed E-state index contributed by atoms with van der Waals surface area (Å²) in [7, 11) is 0. The zero-order valence-corrected chi connectivity index (χ0v) is 17.2. The highest BCUT2D eigenvalue weighted by molar-refractivity contribution is 5.98. The number of nitrogen functional groups attached to an aromatic ring is 1. The smallest absolute Gasteiger partial charge is 0.374 e. The van der Waals surface area contributed by atoms with Crippen LogP contribution in [0.4, 0.5) is 11.4 Å². The van der Waals surface area contributed by atoms with E-state index in [1.54, 1.807) is 25.1 Å². The normalized spacial score (nSPS) is 10.0. The second-order valence-electron chi connectivity index (χ2n) is 6.42. The van der Waals surface area contributed by atoms with Gasteiger partial charge in [0.25, 0.3) is 0 Å². The van der Waals surface area contributed by atoms with Crippen molar-refractivity contribution in [1.29, 1.82) is 0 Å². The first-order valence-electron chi connectivity index (χ1n) is 9.24. The molecule has 0 unspecified atom stereocenters. The number of aromatic hydroxyl groups is 1. The van der Waals surface area contributed by atoms with Gasteiger partial charge in [0.1, 0.15) is 11.3 Å². The highest BCUT2D eigenvalue weighted by atomic mass is 16.5. The standard InChI is InChI=1S/C12H11NO4.C10H11NO3/c1-2-16-12(15)11-6-9(14)8-4-3-7(13)5-10(8)17-11;1-6(12)9-4-3-8(5-10(9)14)11-7(2)13/h3-6H,2,13H2,1H3;3-5,14H,1-2H3,(H,11,13). The molecule has 0 aliphatic carbocycles. The number of fused-ring (bicyclic) bond motifs is 1. The maximum Gasteiger partial charge on any atom is 0.374 e. The van der Waals surface area contributed by atoms with E-state index in [0.29, 0.717) is 16.8 Å².